The van der Waals surface area contributed by atoms with E-state index in [9.17, 15) is 13.2 Å². The topological polar surface area (TPSA) is 116 Å². The van der Waals surface area contributed by atoms with Gasteiger partial charge in [0, 0.05) is 4.88 Å². The van der Waals surface area contributed by atoms with Crippen molar-refractivity contribution in [1.82, 2.24) is 24.8 Å². The number of hydrogen-bond acceptors (Lipinski definition) is 9. The molecule has 4 atom stereocenters. The summed E-state index contributed by atoms with van der Waals surface area (Å²) in [6.45, 7) is 1.89. The number of aromatic nitrogens is 4. The lowest BCUT2D eigenvalue weighted by Gasteiger charge is -2.26. The molecule has 0 saturated carbocycles. The molecule has 176 valence electrons. The number of esters is 1. The molecule has 0 amide bonds. The van der Waals surface area contributed by atoms with E-state index in [1.807, 2.05) is 24.4 Å². The predicted octanol–water partition coefficient (Wildman–Crippen LogP) is 3.12. The number of methoxy groups -OCH3 is 1. The Labute approximate surface area is 204 Å². The van der Waals surface area contributed by atoms with Crippen LogP contribution < -0.4 is 5.32 Å². The van der Waals surface area contributed by atoms with E-state index in [1.54, 1.807) is 28.8 Å². The van der Waals surface area contributed by atoms with Crippen molar-refractivity contribution in [2.75, 3.05) is 7.11 Å². The summed E-state index contributed by atoms with van der Waals surface area (Å²) in [6, 6.07) is 7.81. The Kier molecular flexibility index (Phi) is 5.88. The minimum atomic E-state index is -3.95. The maximum Gasteiger partial charge on any atom is 0.325 e. The number of ether oxygens (including phenoxy) is 1. The Morgan fingerprint density at radius 3 is 2.62 bits per heavy atom. The molecular weight excluding hydrogens is 498 g/mol. The molecular formula is C22H20ClN5O4S2. The first-order chi connectivity index (χ1) is 16.3. The fourth-order valence-electron chi connectivity index (χ4n) is 4.43. The molecule has 0 spiro atoms. The first-order valence-corrected chi connectivity index (χ1v) is 13.1. The number of sulfone groups is 1. The number of carbonyl (C=O) groups excluding carboxylic acids is 1. The molecule has 34 heavy (non-hydrogen) atoms. The van der Waals surface area contributed by atoms with Gasteiger partial charge < -0.3 is 9.30 Å². The molecule has 0 radical (unpaired) electrons. The molecule has 4 heterocycles. The smallest absolute Gasteiger partial charge is 0.325 e. The second-order valence-electron chi connectivity index (χ2n) is 7.96. The Morgan fingerprint density at radius 1 is 1.18 bits per heavy atom. The molecule has 12 heteroatoms. The van der Waals surface area contributed by atoms with Crippen molar-refractivity contribution in [2.45, 2.75) is 35.2 Å². The van der Waals surface area contributed by atoms with E-state index in [0.29, 0.717) is 11.2 Å². The maximum absolute atomic E-state index is 14.1. The summed E-state index contributed by atoms with van der Waals surface area (Å²) in [4.78, 5) is 26.4. The van der Waals surface area contributed by atoms with Gasteiger partial charge in [0.25, 0.3) is 0 Å². The van der Waals surface area contributed by atoms with Crippen LogP contribution in [0.25, 0.3) is 11.2 Å². The molecule has 4 aromatic rings. The summed E-state index contributed by atoms with van der Waals surface area (Å²) in [5.74, 6) is -0.588. The monoisotopic (exact) mass is 517 g/mol. The van der Waals surface area contributed by atoms with Crippen LogP contribution in [0, 0.1) is 6.92 Å². The summed E-state index contributed by atoms with van der Waals surface area (Å²) in [6.07, 6.45) is 2.72. The Bertz CT molecular complexity index is 1450. The number of rotatable bonds is 5. The first-order valence-electron chi connectivity index (χ1n) is 10.3. The lowest BCUT2D eigenvalue weighted by molar-refractivity contribution is -0.143. The minimum absolute atomic E-state index is 0.136. The number of fused-ring (bicyclic) bond motifs is 1. The number of hydrogen-bond donors (Lipinski definition) is 1. The number of aryl methyl sites for hydroxylation is 1. The van der Waals surface area contributed by atoms with Crippen LogP contribution in [0.1, 0.15) is 22.5 Å². The second kappa shape index (κ2) is 8.73. The number of thiophene rings is 1. The van der Waals surface area contributed by atoms with Gasteiger partial charge >= 0.3 is 5.97 Å². The van der Waals surface area contributed by atoms with Crippen LogP contribution in [0.4, 0.5) is 0 Å². The number of halogens is 1. The molecule has 1 fully saturated rings. The maximum atomic E-state index is 14.1. The van der Waals surface area contributed by atoms with Gasteiger partial charge in [-0.05, 0) is 30.5 Å². The predicted molar refractivity (Wildman–Crippen MR) is 128 cm³/mol. The van der Waals surface area contributed by atoms with Crippen molar-refractivity contribution in [2.24, 2.45) is 0 Å². The molecule has 0 unspecified atom stereocenters. The molecule has 5 rings (SSSR count). The van der Waals surface area contributed by atoms with Crippen molar-refractivity contribution >= 4 is 49.9 Å². The fraction of sp³-hybridized carbons (Fsp3) is 0.273. The molecule has 1 aliphatic heterocycles. The number of imidazole rings is 1. The molecule has 1 saturated heterocycles. The van der Waals surface area contributed by atoms with Gasteiger partial charge in [-0.1, -0.05) is 35.4 Å². The largest absolute Gasteiger partial charge is 0.468 e. The quantitative estimate of drug-likeness (QED) is 0.317. The van der Waals surface area contributed by atoms with E-state index in [0.717, 1.165) is 10.4 Å². The van der Waals surface area contributed by atoms with Crippen LogP contribution in [0.2, 0.25) is 5.15 Å². The van der Waals surface area contributed by atoms with Crippen molar-refractivity contribution in [1.29, 1.82) is 0 Å². The lowest BCUT2D eigenvalue weighted by atomic mass is 10.1. The summed E-state index contributed by atoms with van der Waals surface area (Å²) in [5, 5.41) is 4.17. The van der Waals surface area contributed by atoms with Gasteiger partial charge in [-0.25, -0.2) is 23.4 Å². The molecule has 0 bridgehead atoms. The van der Waals surface area contributed by atoms with Crippen molar-refractivity contribution < 1.29 is 17.9 Å². The third kappa shape index (κ3) is 3.68. The molecule has 0 aliphatic carbocycles. The molecule has 1 aliphatic rings. The summed E-state index contributed by atoms with van der Waals surface area (Å²) >= 11 is 7.61. The van der Waals surface area contributed by atoms with Crippen LogP contribution in [0.15, 0.2) is 59.3 Å². The molecule has 3 aromatic heterocycles. The lowest BCUT2D eigenvalue weighted by Crippen LogP contribution is -2.40. The average Bonchev–Trinajstić information content (AvgIpc) is 3.57. The van der Waals surface area contributed by atoms with Gasteiger partial charge in [-0.15, -0.1) is 11.3 Å². The third-order valence-electron chi connectivity index (χ3n) is 6.01. The van der Waals surface area contributed by atoms with E-state index in [-0.39, 0.29) is 10.0 Å². The Balaban J connectivity index is 1.75. The average molecular weight is 518 g/mol. The number of nitrogens with zero attached hydrogens (tertiary/aromatic N) is 4. The van der Waals surface area contributed by atoms with Gasteiger partial charge in [-0.3, -0.25) is 10.1 Å². The van der Waals surface area contributed by atoms with Crippen LogP contribution in [-0.2, 0) is 19.4 Å². The van der Waals surface area contributed by atoms with Crippen molar-refractivity contribution in [3.63, 3.8) is 0 Å². The highest BCUT2D eigenvalue weighted by molar-refractivity contribution is 7.92. The number of nitrogens with one attached hydrogen (secondary N) is 1. The van der Waals surface area contributed by atoms with Crippen LogP contribution >= 0.6 is 22.9 Å². The minimum Gasteiger partial charge on any atom is -0.468 e. The van der Waals surface area contributed by atoms with Gasteiger partial charge in [0.2, 0.25) is 0 Å². The SMILES string of the molecule is COC(=O)[C@@H]1N[C@H](c2cccs2)[C@@H](S(=O)(=O)c2ccc(C)cc2)[C@@H]1n1cnc2c(Cl)ncnc21. The van der Waals surface area contributed by atoms with E-state index in [4.69, 9.17) is 16.3 Å². The van der Waals surface area contributed by atoms with Crippen LogP contribution in [0.5, 0.6) is 0 Å². The fourth-order valence-corrected chi connectivity index (χ4v) is 7.59. The number of carbonyl (C=O) groups is 1. The molecule has 9 nitrogen and oxygen atoms in total. The van der Waals surface area contributed by atoms with E-state index >= 15 is 0 Å². The normalized spacial score (nSPS) is 22.8. The second-order valence-corrected chi connectivity index (χ2v) is 11.4. The highest BCUT2D eigenvalue weighted by Gasteiger charge is 2.55. The zero-order chi connectivity index (χ0) is 24.0. The Hall–Kier alpha value is -2.86. The summed E-state index contributed by atoms with van der Waals surface area (Å²) < 4.78 is 34.9. The Morgan fingerprint density at radius 2 is 1.94 bits per heavy atom. The number of benzene rings is 1. The zero-order valence-electron chi connectivity index (χ0n) is 18.1. The van der Waals surface area contributed by atoms with Crippen LogP contribution in [-0.4, -0.2) is 52.3 Å². The van der Waals surface area contributed by atoms with Gasteiger partial charge in [0.15, 0.2) is 20.6 Å². The third-order valence-corrected chi connectivity index (χ3v) is 9.44. The molecule has 1 N–H and O–H groups in total. The first kappa shape index (κ1) is 22.9. The molecule has 1 aromatic carbocycles. The van der Waals surface area contributed by atoms with Gasteiger partial charge in [-0.2, -0.15) is 0 Å². The zero-order valence-corrected chi connectivity index (χ0v) is 20.5. The van der Waals surface area contributed by atoms with Crippen molar-refractivity contribution in [3.05, 3.63) is 70.0 Å². The van der Waals surface area contributed by atoms with Gasteiger partial charge in [0.05, 0.1) is 30.4 Å². The highest BCUT2D eigenvalue weighted by Crippen LogP contribution is 2.44. The van der Waals surface area contributed by atoms with Crippen molar-refractivity contribution in [3.8, 4) is 0 Å². The summed E-state index contributed by atoms with van der Waals surface area (Å²) in [5.41, 5.74) is 1.59. The standard InChI is InChI=1S/C22H20ClN5O4S2/c1-12-5-7-13(8-6-12)34(30,31)19-15(14-4-3-9-33-14)27-16(22(29)32-2)18(19)28-11-26-17-20(23)24-10-25-21(17)28/h3-11,15-16,18-19,27H,1-2H3/t15-,16-,18-,19-/m1/s1. The van der Waals surface area contributed by atoms with Gasteiger partial charge in [0.1, 0.15) is 23.1 Å². The van der Waals surface area contributed by atoms with E-state index < -0.39 is 39.2 Å². The highest BCUT2D eigenvalue weighted by atomic mass is 35.5. The van der Waals surface area contributed by atoms with E-state index in [1.165, 1.54) is 31.1 Å². The summed E-state index contributed by atoms with van der Waals surface area (Å²) in [7, 11) is -2.68. The van der Waals surface area contributed by atoms with E-state index in [2.05, 4.69) is 20.3 Å². The van der Waals surface area contributed by atoms with Crippen LogP contribution in [0.3, 0.4) is 0 Å².